The Labute approximate surface area is 156 Å². The van der Waals surface area contributed by atoms with Gasteiger partial charge in [0.2, 0.25) is 6.43 Å². The third kappa shape index (κ3) is 5.16. The Morgan fingerprint density at radius 2 is 1.50 bits per heavy atom. The van der Waals surface area contributed by atoms with Crippen molar-refractivity contribution in [1.29, 1.82) is 5.26 Å². The first-order valence-electron chi connectivity index (χ1n) is 10.1. The summed E-state index contributed by atoms with van der Waals surface area (Å²) in [5, 5.41) is 8.92. The summed E-state index contributed by atoms with van der Waals surface area (Å²) in [5.41, 5.74) is 2.12. The maximum absolute atomic E-state index is 12.2. The molecule has 140 valence electrons. The average molecular weight is 357 g/mol. The van der Waals surface area contributed by atoms with E-state index in [4.69, 9.17) is 5.26 Å². The van der Waals surface area contributed by atoms with Crippen LogP contribution in [0.2, 0.25) is 0 Å². The van der Waals surface area contributed by atoms with Crippen molar-refractivity contribution >= 4 is 0 Å². The summed E-state index contributed by atoms with van der Waals surface area (Å²) in [6.07, 6.45) is 11.4. The molecule has 0 aliphatic heterocycles. The van der Waals surface area contributed by atoms with Crippen LogP contribution in [0.4, 0.5) is 8.78 Å². The highest BCUT2D eigenvalue weighted by atomic mass is 19.3. The molecule has 0 bridgehead atoms. The largest absolute Gasteiger partial charge is 0.242 e. The van der Waals surface area contributed by atoms with Crippen molar-refractivity contribution in [2.45, 2.75) is 70.1 Å². The zero-order valence-electron chi connectivity index (χ0n) is 15.4. The Hall–Kier alpha value is -1.69. The molecule has 26 heavy (non-hydrogen) atoms. The van der Waals surface area contributed by atoms with Gasteiger partial charge in [-0.1, -0.05) is 24.3 Å². The SMILES string of the molecule is N#Cc1ccc(C2CCC(C3CCC(/C=C/CC(F)F)CC3)CC2)cc1. The maximum atomic E-state index is 12.2. The van der Waals surface area contributed by atoms with Gasteiger partial charge in [0.15, 0.2) is 0 Å². The molecule has 1 aromatic carbocycles. The lowest BCUT2D eigenvalue weighted by molar-refractivity contribution is 0.151. The summed E-state index contributed by atoms with van der Waals surface area (Å²) in [5.74, 6) is 2.83. The maximum Gasteiger partial charge on any atom is 0.242 e. The normalized spacial score (nSPS) is 29.8. The number of benzene rings is 1. The van der Waals surface area contributed by atoms with Crippen molar-refractivity contribution in [3.8, 4) is 6.07 Å². The standard InChI is InChI=1S/C23H29F2N/c24-23(25)3-1-2-17-4-8-19(9-5-17)21-12-14-22(15-13-21)20-10-6-18(16-26)7-11-20/h1-2,6-7,10-11,17,19,21-23H,3-5,8-9,12-15H2/b2-1+. The zero-order valence-corrected chi connectivity index (χ0v) is 15.4. The van der Waals surface area contributed by atoms with Crippen molar-refractivity contribution in [3.63, 3.8) is 0 Å². The summed E-state index contributed by atoms with van der Waals surface area (Å²) in [6.45, 7) is 0. The molecule has 0 amide bonds. The lowest BCUT2D eigenvalue weighted by atomic mass is 9.68. The molecule has 0 aromatic heterocycles. The number of allylic oxidation sites excluding steroid dienone is 2. The fourth-order valence-corrected chi connectivity index (χ4v) is 4.94. The van der Waals surface area contributed by atoms with E-state index in [1.807, 2.05) is 18.2 Å². The minimum atomic E-state index is -2.21. The summed E-state index contributed by atoms with van der Waals surface area (Å²) >= 11 is 0. The average Bonchev–Trinajstić information content (AvgIpc) is 2.68. The second-order valence-corrected chi connectivity index (χ2v) is 8.08. The summed E-state index contributed by atoms with van der Waals surface area (Å²) in [4.78, 5) is 0. The Bertz CT molecular complexity index is 613. The van der Waals surface area contributed by atoms with E-state index >= 15 is 0 Å². The Morgan fingerprint density at radius 1 is 0.923 bits per heavy atom. The van der Waals surface area contributed by atoms with Crippen LogP contribution in [0.25, 0.3) is 0 Å². The molecule has 1 nitrogen and oxygen atoms in total. The molecule has 2 aliphatic carbocycles. The van der Waals surface area contributed by atoms with Crippen LogP contribution < -0.4 is 0 Å². The summed E-state index contributed by atoms with van der Waals surface area (Å²) < 4.78 is 24.4. The van der Waals surface area contributed by atoms with Crippen LogP contribution in [0.15, 0.2) is 36.4 Å². The molecule has 0 N–H and O–H groups in total. The highest BCUT2D eigenvalue weighted by Gasteiger charge is 2.30. The molecule has 3 heteroatoms. The molecule has 0 saturated heterocycles. The number of halogens is 2. The fourth-order valence-electron chi connectivity index (χ4n) is 4.94. The van der Waals surface area contributed by atoms with E-state index in [1.165, 1.54) is 56.9 Å². The number of hydrogen-bond donors (Lipinski definition) is 0. The van der Waals surface area contributed by atoms with Gasteiger partial charge in [0.05, 0.1) is 11.6 Å². The minimum Gasteiger partial charge on any atom is -0.210 e. The minimum absolute atomic E-state index is 0.0979. The third-order valence-electron chi connectivity index (χ3n) is 6.49. The van der Waals surface area contributed by atoms with Gasteiger partial charge >= 0.3 is 0 Å². The molecule has 2 fully saturated rings. The Morgan fingerprint density at radius 3 is 2.04 bits per heavy atom. The first-order valence-corrected chi connectivity index (χ1v) is 10.1. The lowest BCUT2D eigenvalue weighted by Gasteiger charge is -2.37. The predicted octanol–water partition coefficient (Wildman–Crippen LogP) is 6.85. The van der Waals surface area contributed by atoms with Gasteiger partial charge in [0.25, 0.3) is 0 Å². The molecular formula is C23H29F2N. The van der Waals surface area contributed by atoms with E-state index < -0.39 is 6.43 Å². The van der Waals surface area contributed by atoms with E-state index in [0.29, 0.717) is 11.8 Å². The summed E-state index contributed by atoms with van der Waals surface area (Å²) in [7, 11) is 0. The smallest absolute Gasteiger partial charge is 0.210 e. The van der Waals surface area contributed by atoms with Crippen LogP contribution in [0, 0.1) is 29.1 Å². The fraction of sp³-hybridized carbons (Fsp3) is 0.609. The molecule has 0 heterocycles. The second-order valence-electron chi connectivity index (χ2n) is 8.08. The van der Waals surface area contributed by atoms with E-state index in [0.717, 1.165) is 17.4 Å². The van der Waals surface area contributed by atoms with Gasteiger partial charge in [-0.25, -0.2) is 8.78 Å². The molecule has 0 atom stereocenters. The predicted molar refractivity (Wildman–Crippen MR) is 101 cm³/mol. The molecule has 1 aromatic rings. The van der Waals surface area contributed by atoms with Crippen molar-refractivity contribution in [3.05, 3.63) is 47.5 Å². The van der Waals surface area contributed by atoms with E-state index in [-0.39, 0.29) is 6.42 Å². The second kappa shape index (κ2) is 9.31. The van der Waals surface area contributed by atoms with Crippen LogP contribution in [0.1, 0.15) is 74.8 Å². The number of rotatable bonds is 5. The van der Waals surface area contributed by atoms with Crippen molar-refractivity contribution < 1.29 is 8.78 Å². The van der Waals surface area contributed by atoms with Crippen LogP contribution in [0.5, 0.6) is 0 Å². The Balaban J connectivity index is 1.43. The monoisotopic (exact) mass is 357 g/mol. The molecular weight excluding hydrogens is 328 g/mol. The highest BCUT2D eigenvalue weighted by molar-refractivity contribution is 5.33. The van der Waals surface area contributed by atoms with Gasteiger partial charge in [0.1, 0.15) is 0 Å². The van der Waals surface area contributed by atoms with Gasteiger partial charge in [-0.15, -0.1) is 0 Å². The molecule has 0 spiro atoms. The summed E-state index contributed by atoms with van der Waals surface area (Å²) in [6, 6.07) is 10.3. The Kier molecular flexibility index (Phi) is 6.83. The lowest BCUT2D eigenvalue weighted by Crippen LogP contribution is -2.25. The van der Waals surface area contributed by atoms with Gasteiger partial charge < -0.3 is 0 Å². The van der Waals surface area contributed by atoms with Crippen molar-refractivity contribution in [2.75, 3.05) is 0 Å². The first kappa shape index (κ1) is 19.1. The van der Waals surface area contributed by atoms with Gasteiger partial charge in [0, 0.05) is 6.42 Å². The topological polar surface area (TPSA) is 23.8 Å². The highest BCUT2D eigenvalue weighted by Crippen LogP contribution is 2.44. The van der Waals surface area contributed by atoms with Crippen LogP contribution >= 0.6 is 0 Å². The van der Waals surface area contributed by atoms with Gasteiger partial charge in [-0.05, 0) is 92.7 Å². The van der Waals surface area contributed by atoms with Crippen LogP contribution in [0.3, 0.4) is 0 Å². The number of alkyl halides is 2. The molecule has 2 aliphatic rings. The van der Waals surface area contributed by atoms with E-state index in [1.54, 1.807) is 6.08 Å². The zero-order chi connectivity index (χ0) is 18.4. The van der Waals surface area contributed by atoms with Gasteiger partial charge in [-0.3, -0.25) is 0 Å². The van der Waals surface area contributed by atoms with Gasteiger partial charge in [-0.2, -0.15) is 5.26 Å². The quantitative estimate of drug-likeness (QED) is 0.529. The van der Waals surface area contributed by atoms with E-state index in [2.05, 4.69) is 18.2 Å². The number of hydrogen-bond acceptors (Lipinski definition) is 1. The number of nitriles is 1. The van der Waals surface area contributed by atoms with E-state index in [9.17, 15) is 8.78 Å². The van der Waals surface area contributed by atoms with Crippen molar-refractivity contribution in [1.82, 2.24) is 0 Å². The van der Waals surface area contributed by atoms with Crippen LogP contribution in [-0.4, -0.2) is 6.43 Å². The number of nitrogens with zero attached hydrogens (tertiary/aromatic N) is 1. The van der Waals surface area contributed by atoms with Crippen LogP contribution in [-0.2, 0) is 0 Å². The third-order valence-corrected chi connectivity index (χ3v) is 6.49. The molecule has 0 radical (unpaired) electrons. The molecule has 0 unspecified atom stereocenters. The molecule has 2 saturated carbocycles. The van der Waals surface area contributed by atoms with Crippen molar-refractivity contribution in [2.24, 2.45) is 17.8 Å². The first-order chi connectivity index (χ1) is 12.7. The molecule has 3 rings (SSSR count).